The summed E-state index contributed by atoms with van der Waals surface area (Å²) in [6.45, 7) is 1.11. The van der Waals surface area contributed by atoms with Gasteiger partial charge in [0, 0.05) is 31.9 Å². The maximum Gasteiger partial charge on any atom is 0.327 e. The zero-order chi connectivity index (χ0) is 34.7. The molecule has 0 rings (SSSR count). The van der Waals surface area contributed by atoms with Crippen LogP contribution in [-0.2, 0) is 43.2 Å². The van der Waals surface area contributed by atoms with Gasteiger partial charge in [-0.25, -0.2) is 4.79 Å². The van der Waals surface area contributed by atoms with E-state index in [0.717, 1.165) is 6.92 Å². The van der Waals surface area contributed by atoms with Crippen molar-refractivity contribution in [1.29, 1.82) is 0 Å². The van der Waals surface area contributed by atoms with Gasteiger partial charge in [-0.1, -0.05) is 0 Å². The number of carbonyl (C=O) groups is 9. The molecular formula is C25H39N5O13S2. The third kappa shape index (κ3) is 17.7. The van der Waals surface area contributed by atoms with Crippen LogP contribution in [0.1, 0.15) is 51.9 Å². The van der Waals surface area contributed by atoms with Crippen LogP contribution in [0.4, 0.5) is 0 Å². The molecule has 5 atom stereocenters. The highest BCUT2D eigenvalue weighted by Crippen LogP contribution is 2.08. The Morgan fingerprint density at radius 2 is 0.867 bits per heavy atom. The quantitative estimate of drug-likeness (QED) is 0.0512. The first-order valence-corrected chi connectivity index (χ1v) is 15.5. The molecule has 0 aromatic heterocycles. The number of hydrogen-bond donors (Lipinski definition) is 10. The van der Waals surface area contributed by atoms with Gasteiger partial charge in [0.15, 0.2) is 0 Å². The highest BCUT2D eigenvalue weighted by molar-refractivity contribution is 7.98. The summed E-state index contributed by atoms with van der Waals surface area (Å²) in [5, 5.41) is 47.8. The van der Waals surface area contributed by atoms with Gasteiger partial charge in [-0.3, -0.25) is 38.4 Å². The van der Waals surface area contributed by atoms with Gasteiger partial charge in [-0.2, -0.15) is 24.4 Å². The van der Waals surface area contributed by atoms with Crippen molar-refractivity contribution < 1.29 is 63.6 Å². The Kier molecular flexibility index (Phi) is 19.6. The molecule has 0 aromatic rings. The predicted octanol–water partition coefficient (Wildman–Crippen LogP) is -2.21. The molecule has 0 aliphatic carbocycles. The molecule has 9 N–H and O–H groups in total. The van der Waals surface area contributed by atoms with Crippen molar-refractivity contribution in [2.75, 3.05) is 17.8 Å². The van der Waals surface area contributed by atoms with Crippen LogP contribution in [0.3, 0.4) is 0 Å². The number of thioether (sulfide) groups is 1. The minimum Gasteiger partial charge on any atom is -0.481 e. The number of carboxylic acid groups (broad SMARTS) is 4. The Bertz CT molecular complexity index is 1110. The molecule has 0 bridgehead atoms. The zero-order valence-electron chi connectivity index (χ0n) is 24.6. The monoisotopic (exact) mass is 681 g/mol. The molecule has 18 nitrogen and oxygen atoms in total. The average Bonchev–Trinajstić information content (AvgIpc) is 2.94. The number of hydrogen-bond acceptors (Lipinski definition) is 11. The van der Waals surface area contributed by atoms with E-state index >= 15 is 0 Å². The molecule has 254 valence electrons. The molecule has 0 aliphatic heterocycles. The number of carbonyl (C=O) groups excluding carboxylic acids is 5. The van der Waals surface area contributed by atoms with Crippen LogP contribution in [0, 0.1) is 0 Å². The number of carboxylic acids is 4. The van der Waals surface area contributed by atoms with Gasteiger partial charge in [0.05, 0.1) is 0 Å². The van der Waals surface area contributed by atoms with E-state index < -0.39 is 116 Å². The minimum atomic E-state index is -1.61. The third-order valence-electron chi connectivity index (χ3n) is 5.94. The second kappa shape index (κ2) is 21.6. The van der Waals surface area contributed by atoms with Crippen molar-refractivity contribution in [3.8, 4) is 0 Å². The minimum absolute atomic E-state index is 0.00167. The lowest BCUT2D eigenvalue weighted by Gasteiger charge is -2.26. The highest BCUT2D eigenvalue weighted by Gasteiger charge is 2.32. The van der Waals surface area contributed by atoms with E-state index in [1.165, 1.54) is 11.8 Å². The van der Waals surface area contributed by atoms with E-state index in [2.05, 4.69) is 39.2 Å². The Morgan fingerprint density at radius 1 is 0.556 bits per heavy atom. The summed E-state index contributed by atoms with van der Waals surface area (Å²) in [6.07, 6.45) is -1.30. The number of amides is 5. The highest BCUT2D eigenvalue weighted by atomic mass is 32.2. The van der Waals surface area contributed by atoms with Crippen LogP contribution >= 0.6 is 24.4 Å². The molecule has 45 heavy (non-hydrogen) atoms. The van der Waals surface area contributed by atoms with Gasteiger partial charge in [-0.15, -0.1) is 0 Å². The lowest BCUT2D eigenvalue weighted by atomic mass is 10.1. The first-order chi connectivity index (χ1) is 21.0. The number of thiol groups is 1. The molecule has 5 amide bonds. The summed E-state index contributed by atoms with van der Waals surface area (Å²) >= 11 is 5.13. The normalized spacial score (nSPS) is 13.9. The molecule has 0 aromatic carbocycles. The van der Waals surface area contributed by atoms with Gasteiger partial charge >= 0.3 is 23.9 Å². The van der Waals surface area contributed by atoms with E-state index in [9.17, 15) is 48.3 Å². The fourth-order valence-corrected chi connectivity index (χ4v) is 4.35. The topological polar surface area (TPSA) is 295 Å². The summed E-state index contributed by atoms with van der Waals surface area (Å²) in [5.41, 5.74) is 0. The number of nitrogens with one attached hydrogen (secondary N) is 5. The van der Waals surface area contributed by atoms with Gasteiger partial charge in [-0.05, 0) is 37.7 Å². The van der Waals surface area contributed by atoms with Crippen molar-refractivity contribution in [2.45, 2.75) is 82.1 Å². The fraction of sp³-hybridized carbons (Fsp3) is 0.640. The molecule has 0 radical (unpaired) electrons. The first-order valence-electron chi connectivity index (χ1n) is 13.5. The predicted molar refractivity (Wildman–Crippen MR) is 160 cm³/mol. The van der Waals surface area contributed by atoms with Crippen molar-refractivity contribution in [3.63, 3.8) is 0 Å². The second-order valence-corrected chi connectivity index (χ2v) is 10.9. The summed E-state index contributed by atoms with van der Waals surface area (Å²) in [5.74, 6) is -10.0. The summed E-state index contributed by atoms with van der Waals surface area (Å²) in [7, 11) is 0. The van der Waals surface area contributed by atoms with Gasteiger partial charge in [0.2, 0.25) is 29.5 Å². The Labute approximate surface area is 267 Å². The Hall–Kier alpha value is -4.07. The van der Waals surface area contributed by atoms with Crippen molar-refractivity contribution >= 4 is 77.8 Å². The third-order valence-corrected chi connectivity index (χ3v) is 6.95. The van der Waals surface area contributed by atoms with Crippen molar-refractivity contribution in [2.24, 2.45) is 0 Å². The molecular weight excluding hydrogens is 642 g/mol. The van der Waals surface area contributed by atoms with Crippen LogP contribution in [0.25, 0.3) is 0 Å². The summed E-state index contributed by atoms with van der Waals surface area (Å²) in [6, 6.07) is -7.33. The van der Waals surface area contributed by atoms with E-state index in [4.69, 9.17) is 15.3 Å². The molecule has 0 heterocycles. The lowest BCUT2D eigenvalue weighted by molar-refractivity contribution is -0.142. The zero-order valence-corrected chi connectivity index (χ0v) is 26.3. The summed E-state index contributed by atoms with van der Waals surface area (Å²) in [4.78, 5) is 108. The molecule has 0 saturated heterocycles. The van der Waals surface area contributed by atoms with Gasteiger partial charge in [0.25, 0.3) is 0 Å². The molecule has 0 spiro atoms. The van der Waals surface area contributed by atoms with Crippen LogP contribution in [-0.4, -0.2) is 122 Å². The molecule has 5 unspecified atom stereocenters. The largest absolute Gasteiger partial charge is 0.481 e. The molecule has 0 saturated carbocycles. The fourth-order valence-electron chi connectivity index (χ4n) is 3.63. The Morgan fingerprint density at radius 3 is 1.13 bits per heavy atom. The van der Waals surface area contributed by atoms with Crippen LogP contribution < -0.4 is 26.6 Å². The van der Waals surface area contributed by atoms with Crippen LogP contribution in [0.15, 0.2) is 0 Å². The van der Waals surface area contributed by atoms with Gasteiger partial charge < -0.3 is 47.0 Å². The maximum absolute atomic E-state index is 13.3. The van der Waals surface area contributed by atoms with Crippen LogP contribution in [0.2, 0.25) is 0 Å². The molecule has 0 fully saturated rings. The number of rotatable bonds is 23. The van der Waals surface area contributed by atoms with E-state index in [1.54, 1.807) is 6.26 Å². The van der Waals surface area contributed by atoms with Gasteiger partial charge in [0.1, 0.15) is 30.2 Å². The summed E-state index contributed by atoms with van der Waals surface area (Å²) < 4.78 is 0. The standard InChI is InChI=1S/C25H39N5O13S2/c1-12(31)26-13(3-6-18(32)33)21(38)29-16(9-10-45-2)24(41)28-14(4-7-19(34)35)22(39)27-15(5-8-20(36)37)23(40)30-17(11-44)25(42)43/h13-17,44H,3-11H2,1-2H3,(H,26,31)(H,27,39)(H,28,41)(H,29,38)(H,30,40)(H,32,33)(H,34,35)(H,36,37)(H,42,43). The van der Waals surface area contributed by atoms with E-state index in [1.807, 2.05) is 0 Å². The van der Waals surface area contributed by atoms with E-state index in [-0.39, 0.29) is 18.6 Å². The van der Waals surface area contributed by atoms with E-state index in [0.29, 0.717) is 5.75 Å². The smallest absolute Gasteiger partial charge is 0.327 e. The number of aliphatic carboxylic acids is 4. The Balaban J connectivity index is 6.07. The lowest BCUT2D eigenvalue weighted by Crippen LogP contribution is -2.59. The van der Waals surface area contributed by atoms with Crippen LogP contribution in [0.5, 0.6) is 0 Å². The first kappa shape index (κ1) is 40.9. The van der Waals surface area contributed by atoms with Crippen molar-refractivity contribution in [1.82, 2.24) is 26.6 Å². The van der Waals surface area contributed by atoms with Crippen molar-refractivity contribution in [3.05, 3.63) is 0 Å². The molecule has 20 heteroatoms. The maximum atomic E-state index is 13.3. The SMILES string of the molecule is CSCCC(NC(=O)C(CCC(=O)O)NC(C)=O)C(=O)NC(CCC(=O)O)C(=O)NC(CCC(=O)O)C(=O)NC(CS)C(=O)O. The second-order valence-electron chi connectivity index (χ2n) is 9.60. The average molecular weight is 682 g/mol. The molecule has 0 aliphatic rings.